The molecule has 2 rings (SSSR count). The molecule has 0 radical (unpaired) electrons. The maximum absolute atomic E-state index is 5.99. The van der Waals surface area contributed by atoms with Crippen molar-refractivity contribution in [3.05, 3.63) is 53.1 Å². The second kappa shape index (κ2) is 6.33. The van der Waals surface area contributed by atoms with Gasteiger partial charge in [0.05, 0.1) is 16.9 Å². The molecule has 0 aromatic carbocycles. The van der Waals surface area contributed by atoms with Crippen LogP contribution in [0.3, 0.4) is 0 Å². The standard InChI is InChI=1S/C13H14ClN3O/c1-15-6-11-2-3-12(7-17-11)18-9-10-4-5-16-8-13(10)14/h2-5,7-8,15H,6,9H2,1H3. The van der Waals surface area contributed by atoms with E-state index in [1.165, 1.54) is 0 Å². The number of hydrogen-bond donors (Lipinski definition) is 1. The molecule has 18 heavy (non-hydrogen) atoms. The minimum atomic E-state index is 0.411. The van der Waals surface area contributed by atoms with E-state index in [0.717, 1.165) is 23.6 Å². The van der Waals surface area contributed by atoms with E-state index < -0.39 is 0 Å². The first-order chi connectivity index (χ1) is 8.79. The largest absolute Gasteiger partial charge is 0.487 e. The number of nitrogens with one attached hydrogen (secondary N) is 1. The molecule has 1 N–H and O–H groups in total. The van der Waals surface area contributed by atoms with Crippen molar-refractivity contribution in [1.82, 2.24) is 15.3 Å². The highest BCUT2D eigenvalue weighted by Crippen LogP contribution is 2.17. The van der Waals surface area contributed by atoms with Crippen molar-refractivity contribution in [1.29, 1.82) is 0 Å². The highest BCUT2D eigenvalue weighted by molar-refractivity contribution is 6.31. The van der Waals surface area contributed by atoms with E-state index in [1.807, 2.05) is 25.2 Å². The van der Waals surface area contributed by atoms with Gasteiger partial charge in [-0.2, -0.15) is 0 Å². The van der Waals surface area contributed by atoms with Crippen LogP contribution in [0.5, 0.6) is 5.75 Å². The maximum atomic E-state index is 5.99. The number of nitrogens with zero attached hydrogens (tertiary/aromatic N) is 2. The molecule has 4 nitrogen and oxygen atoms in total. The van der Waals surface area contributed by atoms with Crippen LogP contribution in [0.4, 0.5) is 0 Å². The quantitative estimate of drug-likeness (QED) is 0.900. The van der Waals surface area contributed by atoms with Crippen LogP contribution in [0.15, 0.2) is 36.8 Å². The van der Waals surface area contributed by atoms with E-state index in [1.54, 1.807) is 18.6 Å². The number of pyridine rings is 2. The van der Waals surface area contributed by atoms with E-state index in [0.29, 0.717) is 11.6 Å². The molecule has 5 heteroatoms. The van der Waals surface area contributed by atoms with Crippen LogP contribution in [0, 0.1) is 0 Å². The van der Waals surface area contributed by atoms with Crippen LogP contribution >= 0.6 is 11.6 Å². The highest BCUT2D eigenvalue weighted by Gasteiger charge is 2.01. The van der Waals surface area contributed by atoms with Gasteiger partial charge in [0.1, 0.15) is 12.4 Å². The third-order valence-corrected chi connectivity index (χ3v) is 2.75. The molecular formula is C13H14ClN3O. The fourth-order valence-corrected chi connectivity index (χ4v) is 1.64. The zero-order valence-corrected chi connectivity index (χ0v) is 10.8. The molecule has 94 valence electrons. The van der Waals surface area contributed by atoms with Crippen molar-refractivity contribution in [2.24, 2.45) is 0 Å². The van der Waals surface area contributed by atoms with Crippen molar-refractivity contribution in [3.63, 3.8) is 0 Å². The average Bonchev–Trinajstić information content (AvgIpc) is 2.40. The first-order valence-electron chi connectivity index (χ1n) is 5.60. The van der Waals surface area contributed by atoms with Crippen molar-refractivity contribution < 1.29 is 4.74 Å². The molecule has 0 spiro atoms. The van der Waals surface area contributed by atoms with Crippen molar-refractivity contribution in [2.75, 3.05) is 7.05 Å². The van der Waals surface area contributed by atoms with E-state index in [9.17, 15) is 0 Å². The Hall–Kier alpha value is -1.65. The van der Waals surface area contributed by atoms with Crippen molar-refractivity contribution in [3.8, 4) is 5.75 Å². The van der Waals surface area contributed by atoms with Gasteiger partial charge >= 0.3 is 0 Å². The van der Waals surface area contributed by atoms with Gasteiger partial charge in [-0.3, -0.25) is 9.97 Å². The third kappa shape index (κ3) is 3.42. The fraction of sp³-hybridized carbons (Fsp3) is 0.231. The molecule has 2 aromatic heterocycles. The lowest BCUT2D eigenvalue weighted by Gasteiger charge is -2.07. The number of rotatable bonds is 5. The Balaban J connectivity index is 1.96. The topological polar surface area (TPSA) is 47.0 Å². The zero-order chi connectivity index (χ0) is 12.8. The average molecular weight is 264 g/mol. The van der Waals surface area contributed by atoms with Crippen molar-refractivity contribution >= 4 is 11.6 Å². The smallest absolute Gasteiger partial charge is 0.138 e. The van der Waals surface area contributed by atoms with Crippen molar-refractivity contribution in [2.45, 2.75) is 13.2 Å². The Labute approximate surface area is 111 Å². The van der Waals surface area contributed by atoms with Gasteiger partial charge in [0.15, 0.2) is 0 Å². The second-order valence-electron chi connectivity index (χ2n) is 3.77. The summed E-state index contributed by atoms with van der Waals surface area (Å²) in [6.45, 7) is 1.16. The number of ether oxygens (including phenoxy) is 1. The summed E-state index contributed by atoms with van der Waals surface area (Å²) < 4.78 is 5.61. The first-order valence-corrected chi connectivity index (χ1v) is 5.98. The molecule has 0 aliphatic heterocycles. The summed E-state index contributed by atoms with van der Waals surface area (Å²) in [5, 5.41) is 3.65. The molecule has 0 bridgehead atoms. The van der Waals surface area contributed by atoms with E-state index >= 15 is 0 Å². The Bertz CT molecular complexity index is 502. The Morgan fingerprint density at radius 1 is 1.28 bits per heavy atom. The highest BCUT2D eigenvalue weighted by atomic mass is 35.5. The lowest BCUT2D eigenvalue weighted by molar-refractivity contribution is 0.304. The Morgan fingerprint density at radius 3 is 2.83 bits per heavy atom. The predicted octanol–water partition coefficient (Wildman–Crippen LogP) is 2.43. The van der Waals surface area contributed by atoms with Gasteiger partial charge in [-0.15, -0.1) is 0 Å². The van der Waals surface area contributed by atoms with Crippen LogP contribution in [0.1, 0.15) is 11.3 Å². The summed E-state index contributed by atoms with van der Waals surface area (Å²) in [4.78, 5) is 8.20. The third-order valence-electron chi connectivity index (χ3n) is 2.41. The molecular weight excluding hydrogens is 250 g/mol. The monoisotopic (exact) mass is 263 g/mol. The lowest BCUT2D eigenvalue weighted by atomic mass is 10.3. The van der Waals surface area contributed by atoms with Gasteiger partial charge in [-0.1, -0.05) is 11.6 Å². The summed E-state index contributed by atoms with van der Waals surface area (Å²) in [7, 11) is 1.89. The Kier molecular flexibility index (Phi) is 4.50. The summed E-state index contributed by atoms with van der Waals surface area (Å²) in [6, 6.07) is 5.67. The van der Waals surface area contributed by atoms with Crippen LogP contribution in [-0.4, -0.2) is 17.0 Å². The summed E-state index contributed by atoms with van der Waals surface area (Å²) in [5.74, 6) is 0.725. The molecule has 0 saturated carbocycles. The maximum Gasteiger partial charge on any atom is 0.138 e. The first kappa shape index (κ1) is 12.8. The normalized spacial score (nSPS) is 10.3. The molecule has 2 aromatic rings. The molecule has 0 amide bonds. The van der Waals surface area contributed by atoms with Gasteiger partial charge in [0, 0.05) is 24.5 Å². The van der Waals surface area contributed by atoms with Gasteiger partial charge in [-0.25, -0.2) is 0 Å². The van der Waals surface area contributed by atoms with E-state index in [2.05, 4.69) is 15.3 Å². The lowest BCUT2D eigenvalue weighted by Crippen LogP contribution is -2.06. The van der Waals surface area contributed by atoms with Gasteiger partial charge in [0.2, 0.25) is 0 Å². The molecule has 2 heterocycles. The van der Waals surface area contributed by atoms with Gasteiger partial charge in [-0.05, 0) is 25.2 Å². The molecule has 0 fully saturated rings. The molecule has 0 atom stereocenters. The molecule has 0 unspecified atom stereocenters. The van der Waals surface area contributed by atoms with Gasteiger partial charge < -0.3 is 10.1 Å². The van der Waals surface area contributed by atoms with E-state index in [-0.39, 0.29) is 0 Å². The minimum Gasteiger partial charge on any atom is -0.487 e. The molecule has 0 aliphatic rings. The number of aromatic nitrogens is 2. The van der Waals surface area contributed by atoms with Crippen LogP contribution in [0.2, 0.25) is 5.02 Å². The minimum absolute atomic E-state index is 0.411. The summed E-state index contributed by atoms with van der Waals surface area (Å²) >= 11 is 5.99. The fourth-order valence-electron chi connectivity index (χ4n) is 1.46. The van der Waals surface area contributed by atoms with Crippen LogP contribution in [0.25, 0.3) is 0 Å². The van der Waals surface area contributed by atoms with Gasteiger partial charge in [0.25, 0.3) is 0 Å². The van der Waals surface area contributed by atoms with E-state index in [4.69, 9.17) is 16.3 Å². The second-order valence-corrected chi connectivity index (χ2v) is 4.18. The number of halogens is 1. The molecule has 0 saturated heterocycles. The van der Waals surface area contributed by atoms with Crippen LogP contribution < -0.4 is 10.1 Å². The Morgan fingerprint density at radius 2 is 2.17 bits per heavy atom. The van der Waals surface area contributed by atoms with Crippen LogP contribution in [-0.2, 0) is 13.2 Å². The summed E-state index contributed by atoms with van der Waals surface area (Å²) in [5.41, 5.74) is 1.89. The summed E-state index contributed by atoms with van der Waals surface area (Å²) in [6.07, 6.45) is 5.01. The predicted molar refractivity (Wildman–Crippen MR) is 70.6 cm³/mol. The molecule has 0 aliphatic carbocycles. The SMILES string of the molecule is CNCc1ccc(OCc2ccncc2Cl)cn1. The zero-order valence-electron chi connectivity index (χ0n) is 10.1. The number of hydrogen-bond acceptors (Lipinski definition) is 4.